The van der Waals surface area contributed by atoms with Gasteiger partial charge in [0.25, 0.3) is 0 Å². The first-order valence-electron chi connectivity index (χ1n) is 5.67. The van der Waals surface area contributed by atoms with Crippen LogP contribution in [-0.2, 0) is 0 Å². The standard InChI is InChI=1S/C15H17NO/c1-10-7-11(2)12(3)15(8-10)17-14-6-4-5-13(16)9-14/h4-9H,16H2,1-3H3. The van der Waals surface area contributed by atoms with E-state index < -0.39 is 0 Å². The highest BCUT2D eigenvalue weighted by Gasteiger charge is 2.05. The molecule has 0 spiro atoms. The molecule has 0 unspecified atom stereocenters. The van der Waals surface area contributed by atoms with Crippen molar-refractivity contribution in [2.75, 3.05) is 5.73 Å². The molecule has 0 fully saturated rings. The van der Waals surface area contributed by atoms with Crippen LogP contribution in [-0.4, -0.2) is 0 Å². The quantitative estimate of drug-likeness (QED) is 0.787. The van der Waals surface area contributed by atoms with Gasteiger partial charge in [0.2, 0.25) is 0 Å². The molecule has 0 aliphatic carbocycles. The Balaban J connectivity index is 2.36. The van der Waals surface area contributed by atoms with Crippen molar-refractivity contribution in [1.82, 2.24) is 0 Å². The van der Waals surface area contributed by atoms with Gasteiger partial charge in [-0.2, -0.15) is 0 Å². The van der Waals surface area contributed by atoms with E-state index in [4.69, 9.17) is 10.5 Å². The smallest absolute Gasteiger partial charge is 0.130 e. The molecule has 0 atom stereocenters. The van der Waals surface area contributed by atoms with Crippen LogP contribution in [0.4, 0.5) is 5.69 Å². The molecule has 2 aromatic carbocycles. The van der Waals surface area contributed by atoms with Crippen molar-refractivity contribution in [3.8, 4) is 11.5 Å². The van der Waals surface area contributed by atoms with Crippen LogP contribution in [0, 0.1) is 20.8 Å². The summed E-state index contributed by atoms with van der Waals surface area (Å²) >= 11 is 0. The molecule has 0 aliphatic rings. The lowest BCUT2D eigenvalue weighted by Crippen LogP contribution is -1.92. The number of nitrogens with two attached hydrogens (primary N) is 1. The molecule has 2 aromatic rings. The van der Waals surface area contributed by atoms with Crippen LogP contribution in [0.3, 0.4) is 0 Å². The Labute approximate surface area is 102 Å². The van der Waals surface area contributed by atoms with Crippen LogP contribution in [0.5, 0.6) is 11.5 Å². The van der Waals surface area contributed by atoms with E-state index >= 15 is 0 Å². The predicted octanol–water partition coefficient (Wildman–Crippen LogP) is 3.99. The Morgan fingerprint density at radius 3 is 2.47 bits per heavy atom. The van der Waals surface area contributed by atoms with E-state index in [-0.39, 0.29) is 0 Å². The van der Waals surface area contributed by atoms with E-state index in [1.165, 1.54) is 11.1 Å². The van der Waals surface area contributed by atoms with Crippen LogP contribution in [0.15, 0.2) is 36.4 Å². The van der Waals surface area contributed by atoms with E-state index in [0.717, 1.165) is 17.1 Å². The maximum absolute atomic E-state index is 5.87. The summed E-state index contributed by atoms with van der Waals surface area (Å²) in [6.07, 6.45) is 0. The third kappa shape index (κ3) is 2.59. The van der Waals surface area contributed by atoms with Crippen molar-refractivity contribution in [3.63, 3.8) is 0 Å². The first kappa shape index (κ1) is 11.5. The summed E-state index contributed by atoms with van der Waals surface area (Å²) in [7, 11) is 0. The number of ether oxygens (including phenoxy) is 1. The summed E-state index contributed by atoms with van der Waals surface area (Å²) in [5, 5.41) is 0. The van der Waals surface area contributed by atoms with Crippen molar-refractivity contribution in [1.29, 1.82) is 0 Å². The third-order valence-electron chi connectivity index (χ3n) is 2.85. The average molecular weight is 227 g/mol. The summed E-state index contributed by atoms with van der Waals surface area (Å²) in [6, 6.07) is 11.7. The first-order chi connectivity index (χ1) is 8.06. The van der Waals surface area contributed by atoms with Gasteiger partial charge in [-0.15, -0.1) is 0 Å². The molecule has 2 rings (SSSR count). The van der Waals surface area contributed by atoms with E-state index in [9.17, 15) is 0 Å². The Morgan fingerprint density at radius 1 is 1.00 bits per heavy atom. The van der Waals surface area contributed by atoms with Crippen LogP contribution in [0.25, 0.3) is 0 Å². The third-order valence-corrected chi connectivity index (χ3v) is 2.85. The van der Waals surface area contributed by atoms with Crippen molar-refractivity contribution >= 4 is 5.69 Å². The second kappa shape index (κ2) is 4.50. The van der Waals surface area contributed by atoms with Gasteiger partial charge in [-0.05, 0) is 55.7 Å². The highest BCUT2D eigenvalue weighted by molar-refractivity contribution is 5.48. The first-order valence-corrected chi connectivity index (χ1v) is 5.67. The lowest BCUT2D eigenvalue weighted by atomic mass is 10.1. The number of aryl methyl sites for hydroxylation is 2. The van der Waals surface area contributed by atoms with Gasteiger partial charge in [0.1, 0.15) is 11.5 Å². The summed E-state index contributed by atoms with van der Waals surface area (Å²) in [4.78, 5) is 0. The normalized spacial score (nSPS) is 10.3. The molecule has 2 N–H and O–H groups in total. The molecule has 0 aromatic heterocycles. The van der Waals surface area contributed by atoms with Gasteiger partial charge < -0.3 is 10.5 Å². The number of hydrogen-bond donors (Lipinski definition) is 1. The molecule has 0 aliphatic heterocycles. The maximum atomic E-state index is 5.87. The molecule has 88 valence electrons. The van der Waals surface area contributed by atoms with E-state index in [0.29, 0.717) is 5.69 Å². The maximum Gasteiger partial charge on any atom is 0.130 e. The van der Waals surface area contributed by atoms with E-state index in [1.54, 1.807) is 0 Å². The molecule has 0 saturated heterocycles. The highest BCUT2D eigenvalue weighted by Crippen LogP contribution is 2.29. The fourth-order valence-corrected chi connectivity index (χ4v) is 1.81. The summed E-state index contributed by atoms with van der Waals surface area (Å²) in [5.74, 6) is 1.67. The predicted molar refractivity (Wildman–Crippen MR) is 71.6 cm³/mol. The molecular formula is C15H17NO. The van der Waals surface area contributed by atoms with Crippen LogP contribution in [0.1, 0.15) is 16.7 Å². The van der Waals surface area contributed by atoms with Gasteiger partial charge in [-0.3, -0.25) is 0 Å². The number of hydrogen-bond acceptors (Lipinski definition) is 2. The van der Waals surface area contributed by atoms with Gasteiger partial charge >= 0.3 is 0 Å². The molecule has 2 nitrogen and oxygen atoms in total. The average Bonchev–Trinajstić information content (AvgIpc) is 2.25. The van der Waals surface area contributed by atoms with Crippen molar-refractivity contribution in [3.05, 3.63) is 53.1 Å². The summed E-state index contributed by atoms with van der Waals surface area (Å²) in [6.45, 7) is 6.23. The Kier molecular flexibility index (Phi) is 3.05. The molecule has 17 heavy (non-hydrogen) atoms. The van der Waals surface area contributed by atoms with Crippen LogP contribution < -0.4 is 10.5 Å². The number of nitrogen functional groups attached to an aromatic ring is 1. The van der Waals surface area contributed by atoms with E-state index in [2.05, 4.69) is 26.8 Å². The second-order valence-electron chi connectivity index (χ2n) is 4.38. The van der Waals surface area contributed by atoms with Crippen molar-refractivity contribution in [2.24, 2.45) is 0 Å². The SMILES string of the molecule is Cc1cc(C)c(C)c(Oc2cccc(N)c2)c1. The highest BCUT2D eigenvalue weighted by atomic mass is 16.5. The Morgan fingerprint density at radius 2 is 1.76 bits per heavy atom. The lowest BCUT2D eigenvalue weighted by molar-refractivity contribution is 0.478. The number of benzene rings is 2. The molecule has 2 heteroatoms. The Hall–Kier alpha value is -1.96. The fraction of sp³-hybridized carbons (Fsp3) is 0.200. The molecule has 0 radical (unpaired) electrons. The minimum Gasteiger partial charge on any atom is -0.457 e. The molecule has 0 amide bonds. The largest absolute Gasteiger partial charge is 0.457 e. The molecule has 0 saturated carbocycles. The van der Waals surface area contributed by atoms with Gasteiger partial charge in [0, 0.05) is 11.8 Å². The second-order valence-corrected chi connectivity index (χ2v) is 4.38. The zero-order valence-electron chi connectivity index (χ0n) is 10.4. The van der Waals surface area contributed by atoms with Gasteiger partial charge in [-0.25, -0.2) is 0 Å². The summed E-state index contributed by atoms with van der Waals surface area (Å²) in [5.41, 5.74) is 10.0. The van der Waals surface area contributed by atoms with Gasteiger partial charge in [0.05, 0.1) is 0 Å². The van der Waals surface area contributed by atoms with E-state index in [1.807, 2.05) is 30.3 Å². The Bertz CT molecular complexity index is 547. The zero-order chi connectivity index (χ0) is 12.4. The molecular weight excluding hydrogens is 210 g/mol. The zero-order valence-corrected chi connectivity index (χ0v) is 10.4. The van der Waals surface area contributed by atoms with Crippen molar-refractivity contribution in [2.45, 2.75) is 20.8 Å². The monoisotopic (exact) mass is 227 g/mol. The minimum absolute atomic E-state index is 0.713. The molecule has 0 bridgehead atoms. The number of rotatable bonds is 2. The summed E-state index contributed by atoms with van der Waals surface area (Å²) < 4.78 is 5.87. The van der Waals surface area contributed by atoms with Crippen LogP contribution >= 0.6 is 0 Å². The topological polar surface area (TPSA) is 35.2 Å². The lowest BCUT2D eigenvalue weighted by Gasteiger charge is -2.12. The van der Waals surface area contributed by atoms with Crippen molar-refractivity contribution < 1.29 is 4.74 Å². The van der Waals surface area contributed by atoms with Gasteiger partial charge in [-0.1, -0.05) is 12.1 Å². The fourth-order valence-electron chi connectivity index (χ4n) is 1.81. The minimum atomic E-state index is 0.713. The molecule has 0 heterocycles. The number of anilines is 1. The van der Waals surface area contributed by atoms with Crippen LogP contribution in [0.2, 0.25) is 0 Å². The van der Waals surface area contributed by atoms with Gasteiger partial charge in [0.15, 0.2) is 0 Å².